The van der Waals surface area contributed by atoms with Crippen molar-refractivity contribution in [2.75, 3.05) is 6.54 Å². The molecule has 1 saturated heterocycles. The number of hydrogen-bond donors (Lipinski definition) is 2. The molecule has 2 N–H and O–H groups in total. The molecular weight excluding hydrogens is 282 g/mol. The van der Waals surface area contributed by atoms with Crippen molar-refractivity contribution in [3.8, 4) is 0 Å². The fourth-order valence-corrected chi connectivity index (χ4v) is 2.94. The molecule has 6 heteroatoms. The minimum atomic E-state index is -0.410. The van der Waals surface area contributed by atoms with Crippen LogP contribution in [-0.4, -0.2) is 23.4 Å². The van der Waals surface area contributed by atoms with Crippen LogP contribution in [0.25, 0.3) is 0 Å². The first-order valence-corrected chi connectivity index (χ1v) is 7.79. The van der Waals surface area contributed by atoms with Crippen molar-refractivity contribution in [3.63, 3.8) is 0 Å². The lowest BCUT2D eigenvalue weighted by Crippen LogP contribution is -2.43. The van der Waals surface area contributed by atoms with Crippen molar-refractivity contribution in [3.05, 3.63) is 39.9 Å². The van der Waals surface area contributed by atoms with E-state index in [0.29, 0.717) is 12.5 Å². The maximum absolute atomic E-state index is 12.4. The molecule has 1 aromatic rings. The smallest absolute Gasteiger partial charge is 0.269 e. The maximum Gasteiger partial charge on any atom is 0.269 e. The van der Waals surface area contributed by atoms with E-state index in [9.17, 15) is 14.9 Å². The van der Waals surface area contributed by atoms with Crippen LogP contribution in [0.4, 0.5) is 5.69 Å². The number of nitrogens with zero attached hydrogens (tertiary/aromatic N) is 1. The van der Waals surface area contributed by atoms with E-state index in [4.69, 9.17) is 0 Å². The lowest BCUT2D eigenvalue weighted by Gasteiger charge is -2.28. The highest BCUT2D eigenvalue weighted by molar-refractivity contribution is 5.79. The van der Waals surface area contributed by atoms with E-state index in [-0.39, 0.29) is 23.6 Å². The quantitative estimate of drug-likeness (QED) is 0.647. The Bertz CT molecular complexity index is 547. The van der Waals surface area contributed by atoms with E-state index in [0.717, 1.165) is 24.9 Å². The van der Waals surface area contributed by atoms with Gasteiger partial charge < -0.3 is 10.6 Å². The Morgan fingerprint density at radius 2 is 2.32 bits per heavy atom. The van der Waals surface area contributed by atoms with Gasteiger partial charge in [-0.2, -0.15) is 0 Å². The number of non-ortho nitro benzene ring substituents is 1. The third kappa shape index (κ3) is 4.04. The van der Waals surface area contributed by atoms with Gasteiger partial charge in [-0.1, -0.05) is 19.1 Å². The zero-order chi connectivity index (χ0) is 16.1. The number of nitro groups is 1. The number of carbonyl (C=O) groups is 1. The second-order valence-corrected chi connectivity index (χ2v) is 5.90. The predicted octanol–water partition coefficient (Wildman–Crippen LogP) is 2.55. The highest BCUT2D eigenvalue weighted by atomic mass is 16.6. The Labute approximate surface area is 130 Å². The highest BCUT2D eigenvalue weighted by Gasteiger charge is 2.26. The fraction of sp³-hybridized carbons (Fsp3) is 0.562. The molecule has 0 saturated carbocycles. The van der Waals surface area contributed by atoms with Gasteiger partial charge >= 0.3 is 0 Å². The summed E-state index contributed by atoms with van der Waals surface area (Å²) in [6, 6.07) is 6.66. The molecule has 0 radical (unpaired) electrons. The first-order valence-electron chi connectivity index (χ1n) is 7.79. The Morgan fingerprint density at radius 1 is 1.55 bits per heavy atom. The van der Waals surface area contributed by atoms with Crippen molar-refractivity contribution in [1.29, 1.82) is 0 Å². The van der Waals surface area contributed by atoms with Crippen LogP contribution in [0.15, 0.2) is 24.3 Å². The van der Waals surface area contributed by atoms with Gasteiger partial charge in [-0.15, -0.1) is 0 Å². The van der Waals surface area contributed by atoms with Crippen LogP contribution < -0.4 is 10.6 Å². The SMILES string of the molecule is CCC(NC(=O)[C@H]1CCN[C@@H](C)C1)c1cccc([N+](=O)[O-])c1. The average Bonchev–Trinajstić information content (AvgIpc) is 2.52. The number of benzene rings is 1. The molecule has 2 rings (SSSR count). The zero-order valence-corrected chi connectivity index (χ0v) is 13.0. The molecule has 1 aromatic carbocycles. The van der Waals surface area contributed by atoms with Gasteiger partial charge in [-0.3, -0.25) is 14.9 Å². The Hall–Kier alpha value is -1.95. The Morgan fingerprint density at radius 3 is 2.95 bits per heavy atom. The van der Waals surface area contributed by atoms with E-state index in [1.165, 1.54) is 6.07 Å². The Kier molecular flexibility index (Phi) is 5.49. The minimum Gasteiger partial charge on any atom is -0.349 e. The summed E-state index contributed by atoms with van der Waals surface area (Å²) in [7, 11) is 0. The largest absolute Gasteiger partial charge is 0.349 e. The van der Waals surface area contributed by atoms with Crippen LogP contribution in [-0.2, 0) is 4.79 Å². The van der Waals surface area contributed by atoms with Crippen LogP contribution in [0.2, 0.25) is 0 Å². The standard InChI is InChI=1S/C16H23N3O3/c1-3-15(12-5-4-6-14(10-12)19(21)22)18-16(20)13-7-8-17-11(2)9-13/h4-6,10-11,13,15,17H,3,7-9H2,1-2H3,(H,18,20)/t11-,13-,15?/m0/s1. The summed E-state index contributed by atoms with van der Waals surface area (Å²) in [6.45, 7) is 4.90. The molecule has 0 spiro atoms. The molecule has 1 fully saturated rings. The monoisotopic (exact) mass is 305 g/mol. The van der Waals surface area contributed by atoms with Crippen LogP contribution in [0.5, 0.6) is 0 Å². The molecule has 120 valence electrons. The summed E-state index contributed by atoms with van der Waals surface area (Å²) in [5.74, 6) is 0.0655. The summed E-state index contributed by atoms with van der Waals surface area (Å²) in [5, 5.41) is 17.3. The van der Waals surface area contributed by atoms with Gasteiger partial charge in [-0.25, -0.2) is 0 Å². The van der Waals surface area contributed by atoms with E-state index in [1.807, 2.05) is 13.0 Å². The van der Waals surface area contributed by atoms with Crippen molar-refractivity contribution in [1.82, 2.24) is 10.6 Å². The van der Waals surface area contributed by atoms with Crippen molar-refractivity contribution >= 4 is 11.6 Å². The molecule has 0 aromatic heterocycles. The molecule has 1 unspecified atom stereocenters. The summed E-state index contributed by atoms with van der Waals surface area (Å²) >= 11 is 0. The van der Waals surface area contributed by atoms with Gasteiger partial charge in [0.05, 0.1) is 11.0 Å². The van der Waals surface area contributed by atoms with Gasteiger partial charge in [0.1, 0.15) is 0 Å². The number of hydrogen-bond acceptors (Lipinski definition) is 4. The molecule has 0 bridgehead atoms. The second-order valence-electron chi connectivity index (χ2n) is 5.90. The summed E-state index contributed by atoms with van der Waals surface area (Å²) in [5.41, 5.74) is 0.840. The van der Waals surface area contributed by atoms with Crippen molar-refractivity contribution in [2.45, 2.75) is 45.2 Å². The topological polar surface area (TPSA) is 84.3 Å². The van der Waals surface area contributed by atoms with Crippen molar-refractivity contribution < 1.29 is 9.72 Å². The van der Waals surface area contributed by atoms with Gasteiger partial charge in [0.25, 0.3) is 5.69 Å². The van der Waals surface area contributed by atoms with Crippen LogP contribution >= 0.6 is 0 Å². The van der Waals surface area contributed by atoms with Crippen LogP contribution in [0.3, 0.4) is 0 Å². The zero-order valence-electron chi connectivity index (χ0n) is 13.0. The number of rotatable bonds is 5. The molecular formula is C16H23N3O3. The van der Waals surface area contributed by atoms with Crippen LogP contribution in [0.1, 0.15) is 44.7 Å². The van der Waals surface area contributed by atoms with Crippen LogP contribution in [0, 0.1) is 16.0 Å². The number of amides is 1. The molecule has 3 atom stereocenters. The van der Waals surface area contributed by atoms with E-state index < -0.39 is 4.92 Å². The number of nitrogens with one attached hydrogen (secondary N) is 2. The lowest BCUT2D eigenvalue weighted by molar-refractivity contribution is -0.384. The fourth-order valence-electron chi connectivity index (χ4n) is 2.94. The number of nitro benzene ring substituents is 1. The highest BCUT2D eigenvalue weighted by Crippen LogP contribution is 2.23. The first kappa shape index (κ1) is 16.4. The number of piperidine rings is 1. The van der Waals surface area contributed by atoms with Gasteiger partial charge in [0.2, 0.25) is 5.91 Å². The van der Waals surface area contributed by atoms with Gasteiger partial charge in [0.15, 0.2) is 0 Å². The lowest BCUT2D eigenvalue weighted by atomic mass is 9.91. The first-order chi connectivity index (χ1) is 10.5. The van der Waals surface area contributed by atoms with Gasteiger partial charge in [0, 0.05) is 24.1 Å². The molecule has 1 aliphatic rings. The number of carbonyl (C=O) groups excluding carboxylic acids is 1. The average molecular weight is 305 g/mol. The molecule has 0 aliphatic carbocycles. The molecule has 1 aliphatic heterocycles. The van der Waals surface area contributed by atoms with Crippen molar-refractivity contribution in [2.24, 2.45) is 5.92 Å². The normalized spacial score (nSPS) is 22.8. The summed E-state index contributed by atoms with van der Waals surface area (Å²) < 4.78 is 0. The Balaban J connectivity index is 2.06. The third-order valence-corrected chi connectivity index (χ3v) is 4.20. The molecule has 22 heavy (non-hydrogen) atoms. The van der Waals surface area contributed by atoms with E-state index in [2.05, 4.69) is 17.6 Å². The summed E-state index contributed by atoms with van der Waals surface area (Å²) in [4.78, 5) is 22.9. The maximum atomic E-state index is 12.4. The second kappa shape index (κ2) is 7.35. The van der Waals surface area contributed by atoms with Gasteiger partial charge in [-0.05, 0) is 38.3 Å². The molecule has 1 heterocycles. The van der Waals surface area contributed by atoms with E-state index in [1.54, 1.807) is 12.1 Å². The minimum absolute atomic E-state index is 0.0176. The third-order valence-electron chi connectivity index (χ3n) is 4.20. The predicted molar refractivity (Wildman–Crippen MR) is 84.5 cm³/mol. The molecule has 6 nitrogen and oxygen atoms in total. The summed E-state index contributed by atoms with van der Waals surface area (Å²) in [6.07, 6.45) is 2.37. The van der Waals surface area contributed by atoms with E-state index >= 15 is 0 Å². The molecule has 1 amide bonds.